The Kier molecular flexibility index (Phi) is 3.08. The third-order valence-corrected chi connectivity index (χ3v) is 2.35. The molecule has 0 N–H and O–H groups in total. The molecule has 1 aromatic rings. The summed E-state index contributed by atoms with van der Waals surface area (Å²) >= 11 is 6.34. The predicted molar refractivity (Wildman–Crippen MR) is 46.0 cm³/mol. The molecule has 1 nitrogen and oxygen atoms in total. The van der Waals surface area contributed by atoms with E-state index in [4.69, 9.17) is 11.6 Å². The van der Waals surface area contributed by atoms with Gasteiger partial charge in [-0.05, 0) is 12.3 Å². The van der Waals surface area contributed by atoms with E-state index in [1.54, 1.807) is 0 Å². The lowest BCUT2D eigenvalue weighted by atomic mass is 10.3. The lowest BCUT2D eigenvalue weighted by molar-refractivity contribution is -0.140. The SMILES string of the molecule is CSc1nccc(Cl)c1C(F)(F)F. The zero-order valence-corrected chi connectivity index (χ0v) is 8.09. The molecule has 0 amide bonds. The van der Waals surface area contributed by atoms with Gasteiger partial charge in [0, 0.05) is 6.20 Å². The topological polar surface area (TPSA) is 12.9 Å². The van der Waals surface area contributed by atoms with Gasteiger partial charge in [0.2, 0.25) is 0 Å². The molecule has 0 unspecified atom stereocenters. The van der Waals surface area contributed by atoms with Crippen molar-refractivity contribution in [1.29, 1.82) is 0 Å². The van der Waals surface area contributed by atoms with Gasteiger partial charge in [-0.15, -0.1) is 11.8 Å². The van der Waals surface area contributed by atoms with E-state index >= 15 is 0 Å². The van der Waals surface area contributed by atoms with Crippen LogP contribution in [0.4, 0.5) is 13.2 Å². The smallest absolute Gasteiger partial charge is 0.249 e. The first-order valence-electron chi connectivity index (χ1n) is 3.22. The summed E-state index contributed by atoms with van der Waals surface area (Å²) in [7, 11) is 0. The Morgan fingerprint density at radius 3 is 2.46 bits per heavy atom. The Bertz CT molecular complexity index is 313. The van der Waals surface area contributed by atoms with Crippen LogP contribution in [-0.4, -0.2) is 11.2 Å². The molecule has 0 aromatic carbocycles. The van der Waals surface area contributed by atoms with E-state index in [0.717, 1.165) is 17.8 Å². The molecule has 0 aliphatic carbocycles. The van der Waals surface area contributed by atoms with Crippen molar-refractivity contribution in [2.75, 3.05) is 6.26 Å². The first-order valence-corrected chi connectivity index (χ1v) is 4.82. The van der Waals surface area contributed by atoms with Gasteiger partial charge in [-0.2, -0.15) is 13.2 Å². The van der Waals surface area contributed by atoms with Crippen LogP contribution >= 0.6 is 23.4 Å². The summed E-state index contributed by atoms with van der Waals surface area (Å²) in [5.41, 5.74) is -0.857. The average molecular weight is 228 g/mol. The molecule has 0 bridgehead atoms. The highest BCUT2D eigenvalue weighted by Crippen LogP contribution is 2.39. The van der Waals surface area contributed by atoms with Gasteiger partial charge in [-0.1, -0.05) is 11.6 Å². The van der Waals surface area contributed by atoms with Gasteiger partial charge >= 0.3 is 6.18 Å². The van der Waals surface area contributed by atoms with Gasteiger partial charge in [0.05, 0.1) is 5.02 Å². The second-order valence-corrected chi connectivity index (χ2v) is 3.38. The van der Waals surface area contributed by atoms with Gasteiger partial charge in [-0.3, -0.25) is 0 Å². The fourth-order valence-electron chi connectivity index (χ4n) is 0.832. The highest BCUT2D eigenvalue weighted by atomic mass is 35.5. The summed E-state index contributed by atoms with van der Waals surface area (Å²) in [6, 6.07) is 1.13. The molecular formula is C7H5ClF3NS. The molecule has 1 heterocycles. The maximum absolute atomic E-state index is 12.4. The van der Waals surface area contributed by atoms with Crippen molar-refractivity contribution in [3.63, 3.8) is 0 Å². The van der Waals surface area contributed by atoms with Crippen LogP contribution in [-0.2, 0) is 6.18 Å². The summed E-state index contributed by atoms with van der Waals surface area (Å²) in [4.78, 5) is 3.58. The molecule has 0 atom stereocenters. The highest BCUT2D eigenvalue weighted by molar-refractivity contribution is 7.98. The van der Waals surface area contributed by atoms with Crippen LogP contribution in [0, 0.1) is 0 Å². The summed E-state index contributed by atoms with van der Waals surface area (Å²) in [6.07, 6.45) is -1.67. The summed E-state index contributed by atoms with van der Waals surface area (Å²) in [6.45, 7) is 0. The van der Waals surface area contributed by atoms with Gasteiger partial charge in [0.1, 0.15) is 10.6 Å². The van der Waals surface area contributed by atoms with Crippen LogP contribution in [0.2, 0.25) is 5.02 Å². The van der Waals surface area contributed by atoms with Gasteiger partial charge in [0.25, 0.3) is 0 Å². The van der Waals surface area contributed by atoms with Gasteiger partial charge in [-0.25, -0.2) is 4.98 Å². The van der Waals surface area contributed by atoms with Crippen LogP contribution in [0.1, 0.15) is 5.56 Å². The monoisotopic (exact) mass is 227 g/mol. The Labute approximate surface area is 82.3 Å². The van der Waals surface area contributed by atoms with Crippen molar-refractivity contribution < 1.29 is 13.2 Å². The van der Waals surface area contributed by atoms with E-state index in [-0.39, 0.29) is 10.0 Å². The third kappa shape index (κ3) is 2.28. The molecule has 0 spiro atoms. The van der Waals surface area contributed by atoms with Crippen molar-refractivity contribution in [3.8, 4) is 0 Å². The minimum absolute atomic E-state index is 0.0972. The number of aromatic nitrogens is 1. The van der Waals surface area contributed by atoms with E-state index in [2.05, 4.69) is 4.98 Å². The normalized spacial score (nSPS) is 11.8. The van der Waals surface area contributed by atoms with Gasteiger partial charge < -0.3 is 0 Å². The third-order valence-electron chi connectivity index (χ3n) is 1.34. The molecule has 0 aliphatic heterocycles. The second kappa shape index (κ2) is 3.75. The maximum atomic E-state index is 12.4. The lowest BCUT2D eigenvalue weighted by Gasteiger charge is -2.11. The van der Waals surface area contributed by atoms with Gasteiger partial charge in [0.15, 0.2) is 0 Å². The van der Waals surface area contributed by atoms with E-state index in [1.807, 2.05) is 0 Å². The van der Waals surface area contributed by atoms with E-state index in [1.165, 1.54) is 12.5 Å². The van der Waals surface area contributed by atoms with Crippen LogP contribution in [0.15, 0.2) is 17.3 Å². The number of hydrogen-bond donors (Lipinski definition) is 0. The molecule has 72 valence electrons. The second-order valence-electron chi connectivity index (χ2n) is 2.17. The summed E-state index contributed by atoms with van der Waals surface area (Å²) in [5.74, 6) is 0. The number of hydrogen-bond acceptors (Lipinski definition) is 2. The summed E-state index contributed by atoms with van der Waals surface area (Å²) < 4.78 is 37.1. The number of thioether (sulfide) groups is 1. The average Bonchev–Trinajstić information content (AvgIpc) is 2.01. The van der Waals surface area contributed by atoms with Crippen LogP contribution in [0.25, 0.3) is 0 Å². The molecule has 6 heteroatoms. The fourth-order valence-corrected chi connectivity index (χ4v) is 1.74. The minimum atomic E-state index is -4.44. The quantitative estimate of drug-likeness (QED) is 0.682. The van der Waals surface area contributed by atoms with Crippen molar-refractivity contribution in [3.05, 3.63) is 22.8 Å². The molecule has 0 fully saturated rings. The minimum Gasteiger partial charge on any atom is -0.249 e. The fraction of sp³-hybridized carbons (Fsp3) is 0.286. The van der Waals surface area contributed by atoms with Crippen molar-refractivity contribution >= 4 is 23.4 Å². The first kappa shape index (κ1) is 10.7. The number of pyridine rings is 1. The van der Waals surface area contributed by atoms with E-state index < -0.39 is 11.7 Å². The lowest BCUT2D eigenvalue weighted by Crippen LogP contribution is -2.08. The molecule has 0 aliphatic rings. The number of alkyl halides is 3. The van der Waals surface area contributed by atoms with E-state index in [0.29, 0.717) is 0 Å². The van der Waals surface area contributed by atoms with Crippen LogP contribution in [0.5, 0.6) is 0 Å². The highest BCUT2D eigenvalue weighted by Gasteiger charge is 2.36. The van der Waals surface area contributed by atoms with Crippen LogP contribution in [0.3, 0.4) is 0 Å². The van der Waals surface area contributed by atoms with Crippen LogP contribution < -0.4 is 0 Å². The van der Waals surface area contributed by atoms with Crippen molar-refractivity contribution in [2.45, 2.75) is 11.2 Å². The number of halogens is 4. The molecule has 0 radical (unpaired) electrons. The Balaban J connectivity index is 3.32. The first-order chi connectivity index (χ1) is 5.96. The zero-order chi connectivity index (χ0) is 10.1. The molecule has 0 saturated carbocycles. The maximum Gasteiger partial charge on any atom is 0.420 e. The Morgan fingerprint density at radius 1 is 1.46 bits per heavy atom. The van der Waals surface area contributed by atoms with E-state index in [9.17, 15) is 13.2 Å². The molecular weight excluding hydrogens is 223 g/mol. The zero-order valence-electron chi connectivity index (χ0n) is 6.52. The summed E-state index contributed by atoms with van der Waals surface area (Å²) in [5, 5.41) is -0.410. The largest absolute Gasteiger partial charge is 0.420 e. The van der Waals surface area contributed by atoms with Crippen molar-refractivity contribution in [2.24, 2.45) is 0 Å². The standard InChI is InChI=1S/C7H5ClF3NS/c1-13-6-5(7(9,10)11)4(8)2-3-12-6/h2-3H,1H3. The molecule has 1 rings (SSSR count). The number of nitrogens with zero attached hydrogens (tertiary/aromatic N) is 1. The number of rotatable bonds is 1. The molecule has 13 heavy (non-hydrogen) atoms. The molecule has 1 aromatic heterocycles. The predicted octanol–water partition coefficient (Wildman–Crippen LogP) is 3.48. The Morgan fingerprint density at radius 2 is 2.08 bits per heavy atom. The molecule has 0 saturated heterocycles. The van der Waals surface area contributed by atoms with Crippen molar-refractivity contribution in [1.82, 2.24) is 4.98 Å². The Hall–Kier alpha value is -0.420.